The molecule has 31 heavy (non-hydrogen) atoms. The van der Waals surface area contributed by atoms with Crippen molar-refractivity contribution in [2.75, 3.05) is 6.54 Å². The highest BCUT2D eigenvalue weighted by Gasteiger charge is 2.14. The minimum Gasteiger partial charge on any atom is -0.352 e. The molecule has 0 saturated heterocycles. The van der Waals surface area contributed by atoms with Gasteiger partial charge in [-0.25, -0.2) is 18.5 Å². The lowest BCUT2D eigenvalue weighted by Crippen LogP contribution is -2.26. The number of hydrogen-bond acceptors (Lipinski definition) is 5. The Kier molecular flexibility index (Phi) is 5.75. The summed E-state index contributed by atoms with van der Waals surface area (Å²) in [6.45, 7) is 0.398. The Balaban J connectivity index is 1.53. The standard InChI is InChI=1S/C23H20N4O3S/c24-31(29,30)18-7-5-16(6-8-18)9-14-26-23(28)20-15-22(17-10-12-25-13-11-17)27-21-4-2-1-3-19(20)21/h1-8,10-13,15H,9,14H2,(H,26,28)(H2,24,29,30). The quantitative estimate of drug-likeness (QED) is 0.486. The van der Waals surface area contributed by atoms with Gasteiger partial charge < -0.3 is 5.32 Å². The number of rotatable bonds is 6. The van der Waals surface area contributed by atoms with Crippen LogP contribution < -0.4 is 10.5 Å². The first-order chi connectivity index (χ1) is 14.9. The normalized spacial score (nSPS) is 11.4. The number of aromatic nitrogens is 2. The molecule has 3 N–H and O–H groups in total. The number of hydrogen-bond donors (Lipinski definition) is 2. The average Bonchev–Trinajstić information content (AvgIpc) is 2.78. The minimum absolute atomic E-state index is 0.0622. The molecule has 0 fully saturated rings. The first-order valence-electron chi connectivity index (χ1n) is 9.62. The zero-order valence-electron chi connectivity index (χ0n) is 16.5. The summed E-state index contributed by atoms with van der Waals surface area (Å²) in [5.41, 5.74) is 3.75. The minimum atomic E-state index is -3.72. The molecule has 156 valence electrons. The summed E-state index contributed by atoms with van der Waals surface area (Å²) in [4.78, 5) is 21.7. The average molecular weight is 433 g/mol. The van der Waals surface area contributed by atoms with Crippen molar-refractivity contribution in [1.29, 1.82) is 0 Å². The number of nitrogens with two attached hydrogens (primary N) is 1. The van der Waals surface area contributed by atoms with Crippen molar-refractivity contribution < 1.29 is 13.2 Å². The Bertz CT molecular complexity index is 1340. The molecule has 0 spiro atoms. The van der Waals surface area contributed by atoms with E-state index in [0.717, 1.165) is 22.0 Å². The molecule has 0 unspecified atom stereocenters. The number of benzene rings is 2. The van der Waals surface area contributed by atoms with Gasteiger partial charge in [0.15, 0.2) is 0 Å². The number of primary sulfonamides is 1. The van der Waals surface area contributed by atoms with Gasteiger partial charge in [0, 0.05) is 29.9 Å². The fraction of sp³-hybridized carbons (Fsp3) is 0.0870. The van der Waals surface area contributed by atoms with Gasteiger partial charge in [0.25, 0.3) is 5.91 Å². The smallest absolute Gasteiger partial charge is 0.252 e. The number of carbonyl (C=O) groups is 1. The summed E-state index contributed by atoms with van der Waals surface area (Å²) in [6.07, 6.45) is 3.93. The van der Waals surface area contributed by atoms with E-state index < -0.39 is 10.0 Å². The number of nitrogens with one attached hydrogen (secondary N) is 1. The van der Waals surface area contributed by atoms with Crippen LogP contribution in [0.15, 0.2) is 84.0 Å². The second-order valence-electron chi connectivity index (χ2n) is 7.00. The second-order valence-corrected chi connectivity index (χ2v) is 8.56. The summed E-state index contributed by atoms with van der Waals surface area (Å²) in [6, 6.07) is 19.3. The fourth-order valence-corrected chi connectivity index (χ4v) is 3.81. The zero-order chi connectivity index (χ0) is 21.8. The number of sulfonamides is 1. The third-order valence-corrected chi connectivity index (χ3v) is 5.82. The molecule has 7 nitrogen and oxygen atoms in total. The van der Waals surface area contributed by atoms with Crippen LogP contribution >= 0.6 is 0 Å². The van der Waals surface area contributed by atoms with E-state index in [1.807, 2.05) is 36.4 Å². The van der Waals surface area contributed by atoms with E-state index in [9.17, 15) is 13.2 Å². The van der Waals surface area contributed by atoms with Gasteiger partial charge in [-0.1, -0.05) is 30.3 Å². The molecule has 0 radical (unpaired) electrons. The Morgan fingerprint density at radius 2 is 1.68 bits per heavy atom. The van der Waals surface area contributed by atoms with Crippen molar-refractivity contribution in [2.45, 2.75) is 11.3 Å². The molecule has 0 aliphatic carbocycles. The van der Waals surface area contributed by atoms with Crippen molar-refractivity contribution in [1.82, 2.24) is 15.3 Å². The Hall–Kier alpha value is -3.62. The number of nitrogens with zero attached hydrogens (tertiary/aromatic N) is 2. The third kappa shape index (κ3) is 4.76. The fourth-order valence-electron chi connectivity index (χ4n) is 3.30. The van der Waals surface area contributed by atoms with Crippen molar-refractivity contribution >= 4 is 26.8 Å². The topological polar surface area (TPSA) is 115 Å². The van der Waals surface area contributed by atoms with Crippen LogP contribution in [0.2, 0.25) is 0 Å². The van der Waals surface area contributed by atoms with Gasteiger partial charge in [0.05, 0.1) is 21.7 Å². The maximum Gasteiger partial charge on any atom is 0.252 e. The van der Waals surface area contributed by atoms with Crippen LogP contribution in [0.1, 0.15) is 15.9 Å². The highest BCUT2D eigenvalue weighted by Crippen LogP contribution is 2.24. The SMILES string of the molecule is NS(=O)(=O)c1ccc(CCNC(=O)c2cc(-c3ccncc3)nc3ccccc23)cc1. The van der Waals surface area contributed by atoms with Crippen LogP contribution in [0.25, 0.3) is 22.2 Å². The molecule has 2 aromatic heterocycles. The van der Waals surface area contributed by atoms with E-state index in [1.54, 1.807) is 30.6 Å². The molecule has 0 bridgehead atoms. The zero-order valence-corrected chi connectivity index (χ0v) is 17.3. The maximum absolute atomic E-state index is 13.0. The first kappa shape index (κ1) is 20.6. The molecule has 4 aromatic rings. The first-order valence-corrected chi connectivity index (χ1v) is 11.2. The molecule has 0 aliphatic heterocycles. The van der Waals surface area contributed by atoms with E-state index in [2.05, 4.69) is 15.3 Å². The van der Waals surface area contributed by atoms with Crippen LogP contribution in [0.5, 0.6) is 0 Å². The number of fused-ring (bicyclic) bond motifs is 1. The van der Waals surface area contributed by atoms with E-state index in [4.69, 9.17) is 5.14 Å². The van der Waals surface area contributed by atoms with Crippen LogP contribution in [0.4, 0.5) is 0 Å². The van der Waals surface area contributed by atoms with Crippen molar-refractivity contribution in [2.24, 2.45) is 5.14 Å². The summed E-state index contributed by atoms with van der Waals surface area (Å²) in [5.74, 6) is -0.199. The Labute approximate surface area is 180 Å². The molecular weight excluding hydrogens is 412 g/mol. The van der Waals surface area contributed by atoms with Gasteiger partial charge in [-0.15, -0.1) is 0 Å². The highest BCUT2D eigenvalue weighted by molar-refractivity contribution is 7.89. The molecule has 0 saturated carbocycles. The summed E-state index contributed by atoms with van der Waals surface area (Å²) < 4.78 is 22.7. The van der Waals surface area contributed by atoms with Gasteiger partial charge in [-0.3, -0.25) is 9.78 Å². The van der Waals surface area contributed by atoms with Gasteiger partial charge >= 0.3 is 0 Å². The maximum atomic E-state index is 13.0. The lowest BCUT2D eigenvalue weighted by Gasteiger charge is -2.11. The van der Waals surface area contributed by atoms with Gasteiger partial charge in [-0.05, 0) is 48.4 Å². The van der Waals surface area contributed by atoms with Crippen LogP contribution in [0, 0.1) is 0 Å². The van der Waals surface area contributed by atoms with E-state index in [1.165, 1.54) is 12.1 Å². The van der Waals surface area contributed by atoms with Gasteiger partial charge in [0.2, 0.25) is 10.0 Å². The largest absolute Gasteiger partial charge is 0.352 e. The summed E-state index contributed by atoms with van der Waals surface area (Å²) in [7, 11) is -3.72. The number of amides is 1. The van der Waals surface area contributed by atoms with E-state index >= 15 is 0 Å². The summed E-state index contributed by atoms with van der Waals surface area (Å²) >= 11 is 0. The van der Waals surface area contributed by atoms with Crippen LogP contribution in [-0.2, 0) is 16.4 Å². The Morgan fingerprint density at radius 3 is 2.39 bits per heavy atom. The van der Waals surface area contributed by atoms with Crippen molar-refractivity contribution in [3.63, 3.8) is 0 Å². The second kappa shape index (κ2) is 8.63. The highest BCUT2D eigenvalue weighted by atomic mass is 32.2. The van der Waals surface area contributed by atoms with Crippen LogP contribution in [-0.4, -0.2) is 30.8 Å². The van der Waals surface area contributed by atoms with Gasteiger partial charge in [-0.2, -0.15) is 0 Å². The molecule has 4 rings (SSSR count). The molecule has 2 heterocycles. The Morgan fingerprint density at radius 1 is 0.968 bits per heavy atom. The predicted molar refractivity (Wildman–Crippen MR) is 119 cm³/mol. The monoisotopic (exact) mass is 432 g/mol. The van der Waals surface area contributed by atoms with E-state index in [-0.39, 0.29) is 10.8 Å². The molecule has 8 heteroatoms. The number of pyridine rings is 2. The van der Waals surface area contributed by atoms with Crippen molar-refractivity contribution in [3.05, 3.63) is 90.3 Å². The van der Waals surface area contributed by atoms with Crippen LogP contribution in [0.3, 0.4) is 0 Å². The lowest BCUT2D eigenvalue weighted by atomic mass is 10.0. The number of carbonyl (C=O) groups excluding carboxylic acids is 1. The summed E-state index contributed by atoms with van der Waals surface area (Å²) in [5, 5.41) is 8.83. The molecule has 0 atom stereocenters. The molecule has 1 amide bonds. The molecule has 2 aromatic carbocycles. The van der Waals surface area contributed by atoms with E-state index in [0.29, 0.717) is 24.2 Å². The predicted octanol–water partition coefficient (Wildman–Crippen LogP) is 2.92. The van der Waals surface area contributed by atoms with Crippen molar-refractivity contribution in [3.8, 4) is 11.3 Å². The van der Waals surface area contributed by atoms with Gasteiger partial charge in [0.1, 0.15) is 0 Å². The molecule has 0 aliphatic rings. The number of para-hydroxylation sites is 1. The third-order valence-electron chi connectivity index (χ3n) is 4.89. The molecular formula is C23H20N4O3S. The lowest BCUT2D eigenvalue weighted by molar-refractivity contribution is 0.0955.